The van der Waals surface area contributed by atoms with E-state index in [1.54, 1.807) is 10.8 Å². The molecule has 0 aliphatic heterocycles. The zero-order valence-corrected chi connectivity index (χ0v) is 15.3. The Balaban J connectivity index is 2.32. The van der Waals surface area contributed by atoms with Crippen LogP contribution in [0.3, 0.4) is 0 Å². The summed E-state index contributed by atoms with van der Waals surface area (Å²) in [5.74, 6) is 0. The number of alkyl halides is 3. The van der Waals surface area contributed by atoms with Crippen LogP contribution in [-0.4, -0.2) is 17.1 Å². The van der Waals surface area contributed by atoms with E-state index in [0.29, 0.717) is 17.0 Å². The highest BCUT2D eigenvalue weighted by molar-refractivity contribution is 7.09. The van der Waals surface area contributed by atoms with Gasteiger partial charge in [-0.25, -0.2) is 4.79 Å². The number of halogens is 3. The Bertz CT molecular complexity index is 811. The van der Waals surface area contributed by atoms with Gasteiger partial charge in [-0.1, -0.05) is 20.8 Å². The third-order valence-electron chi connectivity index (χ3n) is 3.21. The number of nitrogens with one attached hydrogen (secondary N) is 1. The van der Waals surface area contributed by atoms with Crippen molar-refractivity contribution in [3.8, 4) is 5.69 Å². The van der Waals surface area contributed by atoms with E-state index < -0.39 is 17.8 Å². The number of aryl methyl sites for hydroxylation is 1. The maximum Gasteiger partial charge on any atom is 0.416 e. The summed E-state index contributed by atoms with van der Waals surface area (Å²) in [7, 11) is 0. The van der Waals surface area contributed by atoms with E-state index in [4.69, 9.17) is 0 Å². The quantitative estimate of drug-likeness (QED) is 0.829. The van der Waals surface area contributed by atoms with E-state index >= 15 is 0 Å². The summed E-state index contributed by atoms with van der Waals surface area (Å²) < 4.78 is 39.7. The molecule has 0 saturated carbocycles. The van der Waals surface area contributed by atoms with E-state index in [-0.39, 0.29) is 5.41 Å². The van der Waals surface area contributed by atoms with Gasteiger partial charge < -0.3 is 5.32 Å². The number of thiazole rings is 1. The average Bonchev–Trinajstić information content (AvgIpc) is 2.84. The largest absolute Gasteiger partial charge is 0.416 e. The van der Waals surface area contributed by atoms with Crippen LogP contribution in [0.25, 0.3) is 5.69 Å². The van der Waals surface area contributed by atoms with Crippen molar-refractivity contribution in [2.45, 2.75) is 33.9 Å². The number of hydrogen-bond acceptors (Lipinski definition) is 2. The van der Waals surface area contributed by atoms with Crippen LogP contribution in [-0.2, 0) is 6.18 Å². The molecule has 4 nitrogen and oxygen atoms in total. The molecule has 8 heteroatoms. The van der Waals surface area contributed by atoms with Gasteiger partial charge in [0.15, 0.2) is 4.80 Å². The monoisotopic (exact) mass is 371 g/mol. The highest BCUT2D eigenvalue weighted by Crippen LogP contribution is 2.29. The highest BCUT2D eigenvalue weighted by atomic mass is 32.1. The molecule has 1 aromatic heterocycles. The lowest BCUT2D eigenvalue weighted by atomic mass is 9.97. The van der Waals surface area contributed by atoms with Crippen LogP contribution in [0.2, 0.25) is 0 Å². The van der Waals surface area contributed by atoms with Gasteiger partial charge in [0.05, 0.1) is 5.56 Å². The highest BCUT2D eigenvalue weighted by Gasteiger charge is 2.30. The van der Waals surface area contributed by atoms with E-state index in [1.807, 2.05) is 27.7 Å². The number of carbonyl (C=O) groups is 1. The molecular weight excluding hydrogens is 351 g/mol. The molecule has 2 aromatic rings. The molecule has 0 atom stereocenters. The van der Waals surface area contributed by atoms with Crippen LogP contribution < -0.4 is 10.1 Å². The smallest absolute Gasteiger partial charge is 0.336 e. The molecule has 1 N–H and O–H groups in total. The molecular formula is C17H20F3N3OS. The summed E-state index contributed by atoms with van der Waals surface area (Å²) in [6.07, 6.45) is -2.64. The molecule has 0 radical (unpaired) electrons. The Labute approximate surface area is 148 Å². The Morgan fingerprint density at radius 2 is 1.80 bits per heavy atom. The van der Waals surface area contributed by atoms with Crippen molar-refractivity contribution in [3.63, 3.8) is 0 Å². The topological polar surface area (TPSA) is 46.4 Å². The third-order valence-corrected chi connectivity index (χ3v) is 4.11. The molecule has 25 heavy (non-hydrogen) atoms. The fraction of sp³-hybridized carbons (Fsp3) is 0.412. The zero-order valence-electron chi connectivity index (χ0n) is 14.4. The molecule has 1 heterocycles. The van der Waals surface area contributed by atoms with Gasteiger partial charge >= 0.3 is 12.2 Å². The fourth-order valence-electron chi connectivity index (χ4n) is 2.00. The summed E-state index contributed by atoms with van der Waals surface area (Å²) in [6.45, 7) is 8.29. The average molecular weight is 371 g/mol. The molecule has 0 saturated heterocycles. The summed E-state index contributed by atoms with van der Waals surface area (Å²) >= 11 is 1.29. The summed E-state index contributed by atoms with van der Waals surface area (Å²) in [5, 5.41) is 2.73. The minimum Gasteiger partial charge on any atom is -0.336 e. The van der Waals surface area contributed by atoms with Crippen molar-refractivity contribution in [3.05, 3.63) is 45.7 Å². The molecule has 0 aliphatic carbocycles. The van der Waals surface area contributed by atoms with Crippen LogP contribution >= 0.6 is 11.3 Å². The fourth-order valence-corrected chi connectivity index (χ4v) is 2.83. The van der Waals surface area contributed by atoms with Crippen molar-refractivity contribution in [2.75, 3.05) is 6.54 Å². The predicted molar refractivity (Wildman–Crippen MR) is 91.8 cm³/mol. The first-order valence-electron chi connectivity index (χ1n) is 7.65. The molecule has 136 valence electrons. The number of benzene rings is 1. The number of aromatic nitrogens is 1. The minimum atomic E-state index is -4.38. The van der Waals surface area contributed by atoms with Gasteiger partial charge in [-0.2, -0.15) is 18.2 Å². The zero-order chi connectivity index (χ0) is 18.8. The van der Waals surface area contributed by atoms with Gasteiger partial charge in [0.2, 0.25) is 0 Å². The summed E-state index contributed by atoms with van der Waals surface area (Å²) in [4.78, 5) is 17.3. The first-order valence-corrected chi connectivity index (χ1v) is 8.47. The first kappa shape index (κ1) is 19.2. The third kappa shape index (κ3) is 5.45. The molecule has 2 rings (SSSR count). The van der Waals surface area contributed by atoms with Crippen LogP contribution in [0.4, 0.5) is 18.0 Å². The maximum absolute atomic E-state index is 12.7. The second kappa shape index (κ2) is 7.03. The van der Waals surface area contributed by atoms with Crippen molar-refractivity contribution in [1.29, 1.82) is 0 Å². The minimum absolute atomic E-state index is 0.0695. The Morgan fingerprint density at radius 1 is 1.20 bits per heavy atom. The van der Waals surface area contributed by atoms with Gasteiger partial charge in [0.25, 0.3) is 0 Å². The number of hydrogen-bond donors (Lipinski definition) is 1. The Morgan fingerprint density at radius 3 is 2.32 bits per heavy atom. The van der Waals surface area contributed by atoms with Crippen LogP contribution in [0, 0.1) is 12.3 Å². The van der Waals surface area contributed by atoms with Gasteiger partial charge in [-0.05, 0) is 36.6 Å². The number of urea groups is 1. The lowest BCUT2D eigenvalue weighted by molar-refractivity contribution is -0.137. The second-order valence-corrected chi connectivity index (χ2v) is 8.08. The molecule has 0 aliphatic rings. The number of rotatable bonds is 2. The number of nitrogens with zero attached hydrogens (tertiary/aromatic N) is 2. The van der Waals surface area contributed by atoms with E-state index in [9.17, 15) is 18.0 Å². The van der Waals surface area contributed by atoms with Crippen LogP contribution in [0.15, 0.2) is 35.5 Å². The van der Waals surface area contributed by atoms with E-state index in [0.717, 1.165) is 17.0 Å². The standard InChI is InChI=1S/C17H20F3N3OS/c1-11-9-23(13-7-5-12(6-8-13)17(18,19)20)15(25-11)22-14(24)21-10-16(2,3)4/h5-9H,10H2,1-4H3,(H,21,24). The van der Waals surface area contributed by atoms with Gasteiger partial charge in [0, 0.05) is 23.3 Å². The van der Waals surface area contributed by atoms with E-state index in [1.165, 1.54) is 23.5 Å². The van der Waals surface area contributed by atoms with Crippen molar-refractivity contribution in [1.82, 2.24) is 9.88 Å². The lowest BCUT2D eigenvalue weighted by Crippen LogP contribution is -2.31. The molecule has 1 aromatic carbocycles. The first-order chi connectivity index (χ1) is 11.5. The second-order valence-electron chi connectivity index (χ2n) is 6.87. The molecule has 0 unspecified atom stereocenters. The number of carbonyl (C=O) groups excluding carboxylic acids is 1. The van der Waals surface area contributed by atoms with E-state index in [2.05, 4.69) is 10.3 Å². The molecule has 0 bridgehead atoms. The SMILES string of the molecule is Cc1cn(-c2ccc(C(F)(F)F)cc2)c(=NC(=O)NCC(C)(C)C)s1. The lowest BCUT2D eigenvalue weighted by Gasteiger charge is -2.17. The van der Waals surface area contributed by atoms with Crippen molar-refractivity contribution >= 4 is 17.4 Å². The van der Waals surface area contributed by atoms with Gasteiger partial charge in [-0.15, -0.1) is 11.3 Å². The Hall–Kier alpha value is -2.09. The van der Waals surface area contributed by atoms with Crippen LogP contribution in [0.1, 0.15) is 31.2 Å². The summed E-state index contributed by atoms with van der Waals surface area (Å²) in [6, 6.07) is 4.28. The van der Waals surface area contributed by atoms with Crippen molar-refractivity contribution < 1.29 is 18.0 Å². The summed E-state index contributed by atoms with van der Waals surface area (Å²) in [5.41, 5.74) is -0.273. The van der Waals surface area contributed by atoms with Gasteiger partial charge in [-0.3, -0.25) is 4.57 Å². The predicted octanol–water partition coefficient (Wildman–Crippen LogP) is 4.52. The van der Waals surface area contributed by atoms with Crippen molar-refractivity contribution in [2.24, 2.45) is 10.4 Å². The number of amides is 2. The van der Waals surface area contributed by atoms with Gasteiger partial charge in [0.1, 0.15) is 0 Å². The molecule has 0 spiro atoms. The Kier molecular flexibility index (Phi) is 5.41. The normalized spacial score (nSPS) is 13.2. The van der Waals surface area contributed by atoms with Crippen LogP contribution in [0.5, 0.6) is 0 Å². The molecule has 2 amide bonds. The molecule has 0 fully saturated rings. The maximum atomic E-state index is 12.7.